The van der Waals surface area contributed by atoms with Crippen molar-refractivity contribution in [1.29, 1.82) is 0 Å². The summed E-state index contributed by atoms with van der Waals surface area (Å²) in [6, 6.07) is 45.6. The largest absolute Gasteiger partial charge is 0.497 e. The van der Waals surface area contributed by atoms with Gasteiger partial charge in [-0.15, -0.1) is 0 Å². The molecule has 6 aromatic carbocycles. The molecule has 1 fully saturated rings. The number of nitrogens with zero attached hydrogens (tertiary/aromatic N) is 8. The van der Waals surface area contributed by atoms with Crippen molar-refractivity contribution >= 4 is 48.8 Å². The number of ether oxygens (including phenoxy) is 6. The van der Waals surface area contributed by atoms with Crippen LogP contribution >= 0.6 is 8.53 Å². The highest BCUT2D eigenvalue weighted by atomic mass is 31.2. The average Bonchev–Trinajstić information content (AvgIpc) is 4.24. The molecule has 2 aromatic heterocycles. The Balaban J connectivity index is 1.08. The number of carbonyl (C=O) groups is 1. The minimum Gasteiger partial charge on any atom is -0.497 e. The third-order valence-electron chi connectivity index (χ3n) is 14.2. The van der Waals surface area contributed by atoms with Crippen LogP contribution in [0.5, 0.6) is 11.6 Å². The number of nitrogens with one attached hydrogen (secondary N) is 1. The molecule has 0 bridgehead atoms. The number of benzene rings is 6. The first-order valence-electron chi connectivity index (χ1n) is 27.3. The summed E-state index contributed by atoms with van der Waals surface area (Å²) in [5.41, 5.74) is 3.66. The first-order chi connectivity index (χ1) is 41.3. The lowest BCUT2D eigenvalue weighted by Gasteiger charge is -2.38. The van der Waals surface area contributed by atoms with E-state index in [1.54, 1.807) is 48.1 Å². The van der Waals surface area contributed by atoms with Crippen LogP contribution in [0.25, 0.3) is 11.2 Å². The van der Waals surface area contributed by atoms with E-state index in [4.69, 9.17) is 47.4 Å². The van der Waals surface area contributed by atoms with Gasteiger partial charge in [-0.3, -0.25) is 40.2 Å². The Kier molecular flexibility index (Phi) is 20.4. The number of hydrogen-bond acceptors (Lipinski definition) is 19. The van der Waals surface area contributed by atoms with Gasteiger partial charge in [-0.25, -0.2) is 14.4 Å². The van der Waals surface area contributed by atoms with Crippen molar-refractivity contribution in [2.75, 3.05) is 59.1 Å². The maximum atomic E-state index is 13.5. The SMILES string of the molecule is CCN(CC)P(OCCc1ccc([N+](=O)[O-])cc1)O[C@H]1[C@@H](OC)[C@H](n2cnc3c(OCCc4ccc([N+](=O)[O-])cc4)nc(NC(=O)OCCc4ccc([N+](=O)[O-])cc4)nc32)O[C@@H]1COC(c1ccccc1)(c1ccccc1)c1ccc(OC)cc1. The number of hydrogen-bond donors (Lipinski definition) is 1. The summed E-state index contributed by atoms with van der Waals surface area (Å²) in [5, 5.41) is 36.6. The molecule has 5 atom stereocenters. The Bertz CT molecular complexity index is 3470. The highest BCUT2D eigenvalue weighted by Crippen LogP contribution is 2.50. The van der Waals surface area contributed by atoms with E-state index in [9.17, 15) is 35.1 Å². The fourth-order valence-electron chi connectivity index (χ4n) is 9.79. The van der Waals surface area contributed by atoms with Gasteiger partial charge < -0.3 is 37.5 Å². The highest BCUT2D eigenvalue weighted by molar-refractivity contribution is 7.44. The molecule has 3 heterocycles. The van der Waals surface area contributed by atoms with E-state index in [1.807, 2.05) is 98.8 Å². The molecule has 0 saturated carbocycles. The molecule has 8 aromatic rings. The van der Waals surface area contributed by atoms with Gasteiger partial charge >= 0.3 is 6.09 Å². The summed E-state index contributed by atoms with van der Waals surface area (Å²) >= 11 is 0. The molecule has 1 amide bonds. The van der Waals surface area contributed by atoms with Crippen LogP contribution in [0, 0.1) is 30.3 Å². The second-order valence-electron chi connectivity index (χ2n) is 19.3. The van der Waals surface area contributed by atoms with Crippen molar-refractivity contribution in [3.63, 3.8) is 0 Å². The summed E-state index contributed by atoms with van der Waals surface area (Å²) in [7, 11) is 1.27. The zero-order valence-corrected chi connectivity index (χ0v) is 47.8. The number of nitro groups is 3. The number of non-ortho nitro benzene ring substituents is 3. The predicted molar refractivity (Wildman–Crippen MR) is 313 cm³/mol. The summed E-state index contributed by atoms with van der Waals surface area (Å²) in [6.45, 7) is 5.12. The Morgan fingerprint density at radius 1 is 0.671 bits per heavy atom. The van der Waals surface area contributed by atoms with Gasteiger partial charge in [-0.1, -0.05) is 123 Å². The number of nitro benzene ring substituents is 3. The van der Waals surface area contributed by atoms with Gasteiger partial charge in [0, 0.05) is 69.4 Å². The number of methoxy groups -OCH3 is 2. The topological polar surface area (TPSA) is 279 Å². The lowest BCUT2D eigenvalue weighted by atomic mass is 9.80. The maximum absolute atomic E-state index is 13.5. The van der Waals surface area contributed by atoms with E-state index in [1.165, 1.54) is 49.8 Å². The molecule has 1 saturated heterocycles. The van der Waals surface area contributed by atoms with Crippen LogP contribution in [0.3, 0.4) is 0 Å². The number of rotatable bonds is 29. The molecular weight excluding hydrogens is 1120 g/mol. The first kappa shape index (κ1) is 60.7. The van der Waals surface area contributed by atoms with Gasteiger partial charge in [0.15, 0.2) is 17.4 Å². The maximum Gasteiger partial charge on any atom is 0.414 e. The van der Waals surface area contributed by atoms with Crippen molar-refractivity contribution in [2.45, 2.75) is 63.3 Å². The van der Waals surface area contributed by atoms with Crippen LogP contribution in [0.2, 0.25) is 0 Å². The van der Waals surface area contributed by atoms with E-state index in [0.29, 0.717) is 37.2 Å². The second-order valence-corrected chi connectivity index (χ2v) is 20.8. The number of amides is 1. The zero-order chi connectivity index (χ0) is 59.9. The fraction of sp³-hybridized carbons (Fsp3) is 0.300. The van der Waals surface area contributed by atoms with Gasteiger partial charge in [-0.05, 0) is 51.9 Å². The van der Waals surface area contributed by atoms with E-state index in [0.717, 1.165) is 27.8 Å². The summed E-state index contributed by atoms with van der Waals surface area (Å²) < 4.78 is 56.1. The molecule has 1 aliphatic rings. The second kappa shape index (κ2) is 28.6. The standard InChI is InChI=1S/C60H62N9O15P/c1-5-65(6-2)85(82-38-35-43-21-29-49(30-22-43)69(75)76)84-53-51(39-81-60(44-13-9-7-10-14-44,45-15-11-8-12-16-45)46-23-31-50(77-3)32-24-46)83-57(54(53)78-4)66-40-61-52-55(66)62-58(63-56(52)79-36-33-41-17-25-47(26-18-41)67(71)72)64-59(70)80-37-34-42-19-27-48(28-20-42)68(73)74/h7-32,40,51,53-54,57H,5-6,33-39H2,1-4H3,(H,62,63,64,70)/t51-,53-,54-,57-,85?/m1/s1. The average molecular weight is 1180 g/mol. The van der Waals surface area contributed by atoms with E-state index in [-0.39, 0.29) is 72.9 Å². The van der Waals surface area contributed by atoms with Crippen molar-refractivity contribution in [3.05, 3.63) is 228 Å². The third-order valence-corrected chi connectivity index (χ3v) is 16.1. The van der Waals surface area contributed by atoms with Crippen LogP contribution < -0.4 is 14.8 Å². The Hall–Kier alpha value is -8.87. The molecule has 0 aliphatic carbocycles. The Labute approximate surface area is 490 Å². The van der Waals surface area contributed by atoms with Crippen LogP contribution in [0.15, 0.2) is 164 Å². The Morgan fingerprint density at radius 3 is 1.69 bits per heavy atom. The number of imidazole rings is 1. The van der Waals surface area contributed by atoms with E-state index in [2.05, 4.69) is 15.0 Å². The normalized spacial score (nSPS) is 16.2. The number of carbonyl (C=O) groups excluding carboxylic acids is 1. The van der Waals surface area contributed by atoms with Gasteiger partial charge in [0.05, 0.1) is 54.6 Å². The molecule has 1 N–H and O–H groups in total. The quantitative estimate of drug-likeness (QED) is 0.0197. The fourth-order valence-corrected chi connectivity index (χ4v) is 11.3. The molecule has 0 spiro atoms. The van der Waals surface area contributed by atoms with Crippen LogP contribution in [0.4, 0.5) is 27.8 Å². The van der Waals surface area contributed by atoms with Gasteiger partial charge in [0.25, 0.3) is 25.6 Å². The molecule has 1 aliphatic heterocycles. The molecule has 24 nitrogen and oxygen atoms in total. The van der Waals surface area contributed by atoms with Gasteiger partial charge in [0.1, 0.15) is 29.7 Å². The predicted octanol–water partition coefficient (Wildman–Crippen LogP) is 11.1. The third kappa shape index (κ3) is 14.6. The van der Waals surface area contributed by atoms with Crippen molar-refractivity contribution in [3.8, 4) is 11.6 Å². The molecule has 0 radical (unpaired) electrons. The van der Waals surface area contributed by atoms with E-state index >= 15 is 0 Å². The minimum atomic E-state index is -1.87. The van der Waals surface area contributed by atoms with Crippen molar-refractivity contribution in [1.82, 2.24) is 24.2 Å². The van der Waals surface area contributed by atoms with Crippen LogP contribution in [-0.4, -0.2) is 117 Å². The summed E-state index contributed by atoms with van der Waals surface area (Å²) in [5.74, 6) is 0.411. The van der Waals surface area contributed by atoms with Gasteiger partial charge in [-0.2, -0.15) is 9.97 Å². The number of anilines is 1. The molecule has 1 unspecified atom stereocenters. The lowest BCUT2D eigenvalue weighted by molar-refractivity contribution is -0.385. The lowest BCUT2D eigenvalue weighted by Crippen LogP contribution is -2.41. The van der Waals surface area contributed by atoms with E-state index < -0.39 is 59.5 Å². The molecule has 442 valence electrons. The Morgan fingerprint density at radius 2 is 1.19 bits per heavy atom. The van der Waals surface area contributed by atoms with Crippen molar-refractivity contribution < 1.29 is 57.0 Å². The van der Waals surface area contributed by atoms with Gasteiger partial charge in [0.2, 0.25) is 11.8 Å². The monoisotopic (exact) mass is 1180 g/mol. The number of fused-ring (bicyclic) bond motifs is 1. The smallest absolute Gasteiger partial charge is 0.414 e. The number of aromatic nitrogens is 4. The van der Waals surface area contributed by atoms with Crippen LogP contribution in [0.1, 0.15) is 53.5 Å². The summed E-state index contributed by atoms with van der Waals surface area (Å²) in [6.07, 6.45) is -2.27. The van der Waals surface area contributed by atoms with Crippen LogP contribution in [-0.2, 0) is 52.9 Å². The van der Waals surface area contributed by atoms with Crippen molar-refractivity contribution in [2.24, 2.45) is 0 Å². The highest BCUT2D eigenvalue weighted by Gasteiger charge is 2.51. The molecule has 25 heteroatoms. The first-order valence-corrected chi connectivity index (χ1v) is 28.4. The summed E-state index contributed by atoms with van der Waals surface area (Å²) in [4.78, 5) is 60.2. The molecule has 85 heavy (non-hydrogen) atoms. The molecular formula is C60H62N9O15P. The zero-order valence-electron chi connectivity index (χ0n) is 46.9. The molecule has 9 rings (SSSR count). The minimum absolute atomic E-state index is 0.0204.